The van der Waals surface area contributed by atoms with Gasteiger partial charge in [0.05, 0.1) is 30.1 Å². The monoisotopic (exact) mass is 295 g/mol. The second-order valence-corrected chi connectivity index (χ2v) is 4.72. The Morgan fingerprint density at radius 2 is 2.15 bits per heavy atom. The van der Waals surface area contributed by atoms with Gasteiger partial charge in [0.2, 0.25) is 5.95 Å². The van der Waals surface area contributed by atoms with Crippen molar-refractivity contribution in [1.29, 1.82) is 0 Å². The number of hydrogen-bond acceptors (Lipinski definition) is 4. The lowest BCUT2D eigenvalue weighted by Crippen LogP contribution is -2.11. The van der Waals surface area contributed by atoms with Crippen LogP contribution in [-0.2, 0) is 4.74 Å². The van der Waals surface area contributed by atoms with Gasteiger partial charge >= 0.3 is 0 Å². The molecule has 0 aliphatic carbocycles. The number of benzene rings is 1. The molecule has 2 aromatic rings. The summed E-state index contributed by atoms with van der Waals surface area (Å²) >= 11 is 6.27. The summed E-state index contributed by atoms with van der Waals surface area (Å²) in [6.45, 7) is 3.22. The molecule has 0 bridgehead atoms. The Labute approximate surface area is 123 Å². The van der Waals surface area contributed by atoms with Gasteiger partial charge in [-0.15, -0.1) is 0 Å². The molecule has 1 aromatic carbocycles. The third-order valence-electron chi connectivity index (χ3n) is 2.83. The number of aryl methyl sites for hydroxylation is 1. The molecule has 0 radical (unpaired) electrons. The van der Waals surface area contributed by atoms with E-state index in [0.29, 0.717) is 18.2 Å². The molecule has 0 fully saturated rings. The first-order chi connectivity index (χ1) is 9.65. The van der Waals surface area contributed by atoms with Gasteiger partial charge in [-0.1, -0.05) is 11.6 Å². The molecule has 0 saturated carbocycles. The van der Waals surface area contributed by atoms with E-state index < -0.39 is 0 Å². The zero-order valence-corrected chi connectivity index (χ0v) is 12.6. The number of methoxy groups -OCH3 is 2. The van der Waals surface area contributed by atoms with E-state index in [2.05, 4.69) is 10.3 Å². The van der Waals surface area contributed by atoms with Crippen molar-refractivity contribution in [2.45, 2.75) is 6.92 Å². The smallest absolute Gasteiger partial charge is 0.207 e. The normalized spacial score (nSPS) is 10.6. The van der Waals surface area contributed by atoms with Crippen LogP contribution >= 0.6 is 11.6 Å². The number of ether oxygens (including phenoxy) is 2. The van der Waals surface area contributed by atoms with Gasteiger partial charge in [-0.3, -0.25) is 4.57 Å². The summed E-state index contributed by atoms with van der Waals surface area (Å²) in [6, 6.07) is 5.52. The predicted octanol–water partition coefficient (Wildman–Crippen LogP) is 2.90. The van der Waals surface area contributed by atoms with Crippen LogP contribution in [0.2, 0.25) is 5.02 Å². The van der Waals surface area contributed by atoms with Crippen molar-refractivity contribution < 1.29 is 9.47 Å². The Morgan fingerprint density at radius 3 is 2.85 bits per heavy atom. The van der Waals surface area contributed by atoms with Gasteiger partial charge in [0.15, 0.2) is 0 Å². The minimum Gasteiger partial charge on any atom is -0.497 e. The summed E-state index contributed by atoms with van der Waals surface area (Å²) in [5, 5.41) is 3.86. The predicted molar refractivity (Wildman–Crippen MR) is 80.2 cm³/mol. The third-order valence-corrected chi connectivity index (χ3v) is 3.15. The van der Waals surface area contributed by atoms with Crippen molar-refractivity contribution in [3.63, 3.8) is 0 Å². The number of anilines is 1. The summed E-state index contributed by atoms with van der Waals surface area (Å²) in [6.07, 6.45) is 1.93. The Morgan fingerprint density at radius 1 is 1.35 bits per heavy atom. The van der Waals surface area contributed by atoms with Crippen LogP contribution in [0.1, 0.15) is 5.69 Å². The largest absolute Gasteiger partial charge is 0.497 e. The molecule has 1 heterocycles. The summed E-state index contributed by atoms with van der Waals surface area (Å²) in [4.78, 5) is 4.45. The molecular formula is C14H18ClN3O2. The molecule has 0 spiro atoms. The Bertz CT molecular complexity index is 584. The number of imidazole rings is 1. The fourth-order valence-electron chi connectivity index (χ4n) is 1.88. The van der Waals surface area contributed by atoms with Crippen LogP contribution in [-0.4, -0.2) is 36.9 Å². The Balaban J connectivity index is 2.36. The highest BCUT2D eigenvalue weighted by Crippen LogP contribution is 2.28. The van der Waals surface area contributed by atoms with Crippen molar-refractivity contribution in [2.75, 3.05) is 32.7 Å². The average molecular weight is 296 g/mol. The zero-order chi connectivity index (χ0) is 14.5. The fraction of sp³-hybridized carbons (Fsp3) is 0.357. The molecule has 0 saturated heterocycles. The van der Waals surface area contributed by atoms with Crippen LogP contribution in [0.5, 0.6) is 5.75 Å². The topological polar surface area (TPSA) is 48.3 Å². The molecular weight excluding hydrogens is 278 g/mol. The third kappa shape index (κ3) is 3.23. The average Bonchev–Trinajstić information content (AvgIpc) is 2.81. The fourth-order valence-corrected chi connectivity index (χ4v) is 2.08. The molecule has 1 N–H and O–H groups in total. The van der Waals surface area contributed by atoms with E-state index in [-0.39, 0.29) is 0 Å². The van der Waals surface area contributed by atoms with Crippen LogP contribution in [0.25, 0.3) is 5.69 Å². The first-order valence-electron chi connectivity index (χ1n) is 6.28. The van der Waals surface area contributed by atoms with Gasteiger partial charge in [0.25, 0.3) is 0 Å². The first kappa shape index (κ1) is 14.7. The molecule has 20 heavy (non-hydrogen) atoms. The van der Waals surface area contributed by atoms with Gasteiger partial charge in [-0.25, -0.2) is 4.98 Å². The van der Waals surface area contributed by atoms with Crippen molar-refractivity contribution in [3.05, 3.63) is 35.1 Å². The molecule has 0 aliphatic heterocycles. The molecule has 6 heteroatoms. The molecule has 108 valence electrons. The van der Waals surface area contributed by atoms with Crippen molar-refractivity contribution in [2.24, 2.45) is 0 Å². The van der Waals surface area contributed by atoms with Gasteiger partial charge in [-0.2, -0.15) is 0 Å². The van der Waals surface area contributed by atoms with Gasteiger partial charge in [0.1, 0.15) is 5.75 Å². The van der Waals surface area contributed by atoms with Crippen LogP contribution in [0.15, 0.2) is 24.4 Å². The maximum atomic E-state index is 6.27. The highest BCUT2D eigenvalue weighted by molar-refractivity contribution is 6.32. The molecule has 2 rings (SSSR count). The molecule has 0 unspecified atom stereocenters. The molecule has 0 aliphatic rings. The van der Waals surface area contributed by atoms with E-state index in [1.54, 1.807) is 14.2 Å². The first-order valence-corrected chi connectivity index (χ1v) is 6.66. The Kier molecular flexibility index (Phi) is 4.87. The Hall–Kier alpha value is -1.72. The quantitative estimate of drug-likeness (QED) is 0.833. The van der Waals surface area contributed by atoms with Gasteiger partial charge < -0.3 is 14.8 Å². The van der Waals surface area contributed by atoms with Crippen LogP contribution in [0.4, 0.5) is 5.95 Å². The second kappa shape index (κ2) is 6.63. The zero-order valence-electron chi connectivity index (χ0n) is 11.8. The van der Waals surface area contributed by atoms with Gasteiger partial charge in [0, 0.05) is 25.9 Å². The van der Waals surface area contributed by atoms with E-state index >= 15 is 0 Å². The number of aromatic nitrogens is 2. The molecule has 0 amide bonds. The lowest BCUT2D eigenvalue weighted by atomic mass is 10.3. The number of halogens is 1. The van der Waals surface area contributed by atoms with Crippen LogP contribution < -0.4 is 10.1 Å². The SMILES string of the molecule is COCCNc1nc(C)cn1-c1cc(OC)ccc1Cl. The number of nitrogens with one attached hydrogen (secondary N) is 1. The summed E-state index contributed by atoms with van der Waals surface area (Å²) < 4.78 is 12.2. The van der Waals surface area contributed by atoms with E-state index in [9.17, 15) is 0 Å². The van der Waals surface area contributed by atoms with Gasteiger partial charge in [-0.05, 0) is 19.1 Å². The van der Waals surface area contributed by atoms with Crippen LogP contribution in [0, 0.1) is 6.92 Å². The maximum absolute atomic E-state index is 6.27. The van der Waals surface area contributed by atoms with E-state index in [0.717, 1.165) is 23.1 Å². The number of rotatable bonds is 6. The maximum Gasteiger partial charge on any atom is 0.207 e. The lowest BCUT2D eigenvalue weighted by molar-refractivity contribution is 0.210. The summed E-state index contributed by atoms with van der Waals surface area (Å²) in [5.74, 6) is 1.48. The van der Waals surface area contributed by atoms with E-state index in [1.165, 1.54) is 0 Å². The lowest BCUT2D eigenvalue weighted by Gasteiger charge is -2.12. The minimum absolute atomic E-state index is 0.609. The number of nitrogens with zero attached hydrogens (tertiary/aromatic N) is 2. The van der Waals surface area contributed by atoms with E-state index in [1.807, 2.05) is 35.9 Å². The summed E-state index contributed by atoms with van der Waals surface area (Å²) in [7, 11) is 3.29. The highest BCUT2D eigenvalue weighted by Gasteiger charge is 2.11. The molecule has 5 nitrogen and oxygen atoms in total. The van der Waals surface area contributed by atoms with Crippen molar-refractivity contribution in [3.8, 4) is 11.4 Å². The van der Waals surface area contributed by atoms with E-state index in [4.69, 9.17) is 21.1 Å². The minimum atomic E-state index is 0.609. The van der Waals surface area contributed by atoms with Crippen molar-refractivity contribution >= 4 is 17.5 Å². The molecule has 0 atom stereocenters. The van der Waals surface area contributed by atoms with Crippen LogP contribution in [0.3, 0.4) is 0 Å². The molecule has 1 aromatic heterocycles. The van der Waals surface area contributed by atoms with Crippen molar-refractivity contribution in [1.82, 2.24) is 9.55 Å². The second-order valence-electron chi connectivity index (χ2n) is 4.31. The standard InChI is InChI=1S/C14H18ClN3O2/c1-10-9-18(14(17-10)16-6-7-19-2)13-8-11(20-3)4-5-12(13)15/h4-5,8-9H,6-7H2,1-3H3,(H,16,17). The summed E-state index contributed by atoms with van der Waals surface area (Å²) in [5.41, 5.74) is 1.73. The highest BCUT2D eigenvalue weighted by atomic mass is 35.5. The number of hydrogen-bond donors (Lipinski definition) is 1.